The third-order valence-corrected chi connectivity index (χ3v) is 2.67. The molecule has 1 aromatic rings. The van der Waals surface area contributed by atoms with Crippen molar-refractivity contribution in [3.05, 3.63) is 24.0 Å². The molecule has 0 bridgehead atoms. The molecule has 0 fully saturated rings. The van der Waals surface area contributed by atoms with Gasteiger partial charge in [0.15, 0.2) is 0 Å². The lowest BCUT2D eigenvalue weighted by Crippen LogP contribution is -2.25. The molecule has 18 heavy (non-hydrogen) atoms. The minimum Gasteiger partial charge on any atom is -0.492 e. The van der Waals surface area contributed by atoms with Crippen molar-refractivity contribution in [2.45, 2.75) is 25.9 Å². The molecular formula is C14H18ClNO2. The summed E-state index contributed by atoms with van der Waals surface area (Å²) in [7, 11) is 1.70. The van der Waals surface area contributed by atoms with Crippen LogP contribution in [0.2, 0.25) is 0 Å². The number of aromatic nitrogens is 1. The Bertz CT molecular complexity index is 435. The van der Waals surface area contributed by atoms with Crippen LogP contribution in [0.5, 0.6) is 5.75 Å². The number of methoxy groups -OCH3 is 1. The zero-order valence-electron chi connectivity index (χ0n) is 11.0. The average molecular weight is 268 g/mol. The molecular weight excluding hydrogens is 250 g/mol. The second kappa shape index (κ2) is 7.25. The van der Waals surface area contributed by atoms with Crippen LogP contribution in [0.25, 0.3) is 0 Å². The van der Waals surface area contributed by atoms with Crippen molar-refractivity contribution in [3.8, 4) is 17.6 Å². The summed E-state index contributed by atoms with van der Waals surface area (Å²) < 4.78 is 10.9. The molecule has 0 aliphatic carbocycles. The monoisotopic (exact) mass is 267 g/mol. The van der Waals surface area contributed by atoms with Gasteiger partial charge in [0.05, 0.1) is 24.3 Å². The molecule has 1 aromatic heterocycles. The molecule has 1 heterocycles. The van der Waals surface area contributed by atoms with E-state index in [1.165, 1.54) is 0 Å². The normalized spacial score (nSPS) is 10.7. The van der Waals surface area contributed by atoms with Crippen molar-refractivity contribution in [2.24, 2.45) is 0 Å². The lowest BCUT2D eigenvalue weighted by atomic mass is 10.1. The summed E-state index contributed by atoms with van der Waals surface area (Å²) in [5.74, 6) is 6.71. The molecule has 0 radical (unpaired) electrons. The van der Waals surface area contributed by atoms with Crippen LogP contribution in [0.15, 0.2) is 18.5 Å². The zero-order valence-corrected chi connectivity index (χ0v) is 11.8. The number of rotatable bonds is 5. The molecule has 0 saturated heterocycles. The SMILES string of the molecule is COC(C)(C)CCOc1cncc(C#CCCl)c1. The van der Waals surface area contributed by atoms with Gasteiger partial charge in [0, 0.05) is 25.3 Å². The molecule has 0 aliphatic heterocycles. The van der Waals surface area contributed by atoms with Crippen LogP contribution >= 0.6 is 11.6 Å². The van der Waals surface area contributed by atoms with E-state index in [-0.39, 0.29) is 5.60 Å². The molecule has 0 aromatic carbocycles. The van der Waals surface area contributed by atoms with E-state index >= 15 is 0 Å². The van der Waals surface area contributed by atoms with Crippen molar-refractivity contribution in [1.82, 2.24) is 4.98 Å². The van der Waals surface area contributed by atoms with Crippen molar-refractivity contribution in [2.75, 3.05) is 19.6 Å². The van der Waals surface area contributed by atoms with E-state index in [0.29, 0.717) is 18.2 Å². The van der Waals surface area contributed by atoms with Gasteiger partial charge in [0.2, 0.25) is 0 Å². The Morgan fingerprint density at radius 1 is 1.39 bits per heavy atom. The summed E-state index contributed by atoms with van der Waals surface area (Å²) in [6.45, 7) is 4.63. The molecule has 0 N–H and O–H groups in total. The maximum atomic E-state index is 5.62. The number of ether oxygens (including phenoxy) is 2. The highest BCUT2D eigenvalue weighted by Gasteiger charge is 2.15. The van der Waals surface area contributed by atoms with Gasteiger partial charge >= 0.3 is 0 Å². The third kappa shape index (κ3) is 5.39. The third-order valence-electron chi connectivity index (χ3n) is 2.54. The Morgan fingerprint density at radius 3 is 2.83 bits per heavy atom. The van der Waals surface area contributed by atoms with Crippen molar-refractivity contribution in [1.29, 1.82) is 0 Å². The van der Waals surface area contributed by atoms with Crippen LogP contribution in [-0.4, -0.2) is 30.2 Å². The van der Waals surface area contributed by atoms with Crippen molar-refractivity contribution >= 4 is 11.6 Å². The second-order valence-corrected chi connectivity index (χ2v) is 4.67. The Balaban J connectivity index is 2.53. The summed E-state index contributed by atoms with van der Waals surface area (Å²) in [4.78, 5) is 4.07. The molecule has 0 unspecified atom stereocenters. The Labute approximate surface area is 113 Å². The van der Waals surface area contributed by atoms with Crippen LogP contribution < -0.4 is 4.74 Å². The van der Waals surface area contributed by atoms with Gasteiger partial charge in [-0.25, -0.2) is 0 Å². The van der Waals surface area contributed by atoms with Gasteiger partial charge in [-0.15, -0.1) is 11.6 Å². The first-order valence-corrected chi connectivity index (χ1v) is 6.29. The molecule has 98 valence electrons. The summed E-state index contributed by atoms with van der Waals surface area (Å²) in [6.07, 6.45) is 4.16. The minimum absolute atomic E-state index is 0.177. The molecule has 0 spiro atoms. The van der Waals surface area contributed by atoms with Crippen LogP contribution in [0.3, 0.4) is 0 Å². The summed E-state index contributed by atoms with van der Waals surface area (Å²) >= 11 is 5.50. The molecule has 4 heteroatoms. The highest BCUT2D eigenvalue weighted by atomic mass is 35.5. The lowest BCUT2D eigenvalue weighted by molar-refractivity contribution is 0.00543. The van der Waals surface area contributed by atoms with Crippen LogP contribution in [-0.2, 0) is 4.74 Å². The standard InChI is InChI=1S/C14H18ClNO2/c1-14(2,17-3)6-8-18-13-9-12(5-4-7-15)10-16-11-13/h9-11H,6-8H2,1-3H3. The predicted molar refractivity (Wildman–Crippen MR) is 73.0 cm³/mol. The number of halogens is 1. The van der Waals surface area contributed by atoms with Gasteiger partial charge in [-0.1, -0.05) is 11.8 Å². The Morgan fingerprint density at radius 2 is 2.17 bits per heavy atom. The molecule has 3 nitrogen and oxygen atoms in total. The molecule has 0 amide bonds. The summed E-state index contributed by atoms with van der Waals surface area (Å²) in [6, 6.07) is 1.85. The predicted octanol–water partition coefficient (Wildman–Crippen LogP) is 2.87. The van der Waals surface area contributed by atoms with Crippen molar-refractivity contribution in [3.63, 3.8) is 0 Å². The fraction of sp³-hybridized carbons (Fsp3) is 0.500. The molecule has 0 atom stereocenters. The first-order valence-electron chi connectivity index (χ1n) is 5.75. The number of hydrogen-bond acceptors (Lipinski definition) is 3. The second-order valence-electron chi connectivity index (χ2n) is 4.41. The lowest BCUT2D eigenvalue weighted by Gasteiger charge is -2.22. The highest BCUT2D eigenvalue weighted by molar-refractivity contribution is 6.19. The van der Waals surface area contributed by atoms with Gasteiger partial charge in [-0.3, -0.25) is 4.98 Å². The van der Waals surface area contributed by atoms with Gasteiger partial charge in [-0.05, 0) is 19.9 Å². The van der Waals surface area contributed by atoms with Crippen LogP contribution in [0, 0.1) is 11.8 Å². The average Bonchev–Trinajstić information content (AvgIpc) is 2.37. The first kappa shape index (κ1) is 14.8. The molecule has 0 aliphatic rings. The largest absolute Gasteiger partial charge is 0.492 e. The zero-order chi connectivity index (χ0) is 13.4. The molecule has 0 saturated carbocycles. The topological polar surface area (TPSA) is 31.4 Å². The van der Waals surface area contributed by atoms with Crippen LogP contribution in [0.4, 0.5) is 0 Å². The Kier molecular flexibility index (Phi) is 5.97. The fourth-order valence-electron chi connectivity index (χ4n) is 1.22. The van der Waals surface area contributed by atoms with E-state index in [9.17, 15) is 0 Å². The summed E-state index contributed by atoms with van der Waals surface area (Å²) in [5.41, 5.74) is 0.628. The van der Waals surface area contributed by atoms with E-state index < -0.39 is 0 Å². The maximum Gasteiger partial charge on any atom is 0.138 e. The van der Waals surface area contributed by atoms with Gasteiger partial charge < -0.3 is 9.47 Å². The van der Waals surface area contributed by atoms with Gasteiger partial charge in [-0.2, -0.15) is 0 Å². The maximum absolute atomic E-state index is 5.62. The Hall–Kier alpha value is -1.24. The number of pyridine rings is 1. The van der Waals surface area contributed by atoms with Crippen LogP contribution in [0.1, 0.15) is 25.8 Å². The van der Waals surface area contributed by atoms with E-state index in [4.69, 9.17) is 21.1 Å². The van der Waals surface area contributed by atoms with Gasteiger partial charge in [0.1, 0.15) is 5.75 Å². The smallest absolute Gasteiger partial charge is 0.138 e. The fourth-order valence-corrected chi connectivity index (χ4v) is 1.29. The minimum atomic E-state index is -0.177. The number of nitrogens with zero attached hydrogens (tertiary/aromatic N) is 1. The number of alkyl halides is 1. The van der Waals surface area contributed by atoms with E-state index in [1.54, 1.807) is 19.5 Å². The number of hydrogen-bond donors (Lipinski definition) is 0. The first-order chi connectivity index (χ1) is 8.57. The quantitative estimate of drug-likeness (QED) is 0.607. The highest BCUT2D eigenvalue weighted by Crippen LogP contribution is 2.15. The van der Waals surface area contributed by atoms with E-state index in [2.05, 4.69) is 16.8 Å². The summed E-state index contributed by atoms with van der Waals surface area (Å²) in [5, 5.41) is 0. The van der Waals surface area contributed by atoms with E-state index in [1.807, 2.05) is 19.9 Å². The van der Waals surface area contributed by atoms with Crippen molar-refractivity contribution < 1.29 is 9.47 Å². The molecule has 1 rings (SSSR count). The van der Waals surface area contributed by atoms with Gasteiger partial charge in [0.25, 0.3) is 0 Å². The van der Waals surface area contributed by atoms with E-state index in [0.717, 1.165) is 12.0 Å².